The fourth-order valence-corrected chi connectivity index (χ4v) is 3.32. The van der Waals surface area contributed by atoms with Gasteiger partial charge in [0.25, 0.3) is 0 Å². The minimum atomic E-state index is -0.418. The molecule has 1 amide bonds. The van der Waals surface area contributed by atoms with Crippen LogP contribution in [0.3, 0.4) is 0 Å². The lowest BCUT2D eigenvalue weighted by atomic mass is 9.65. The zero-order chi connectivity index (χ0) is 14.3. The van der Waals surface area contributed by atoms with Crippen LogP contribution in [0.25, 0.3) is 0 Å². The van der Waals surface area contributed by atoms with Crippen molar-refractivity contribution in [1.82, 2.24) is 9.88 Å². The zero-order valence-electron chi connectivity index (χ0n) is 12.4. The summed E-state index contributed by atoms with van der Waals surface area (Å²) < 4.78 is 5.46. The summed E-state index contributed by atoms with van der Waals surface area (Å²) in [7, 11) is 0. The SMILES string of the molecule is CC(C)(C)OC(=O)N1CC2CC(c3ccccn3)C2C1. The van der Waals surface area contributed by atoms with Crippen molar-refractivity contribution in [3.05, 3.63) is 30.1 Å². The Labute approximate surface area is 120 Å². The van der Waals surface area contributed by atoms with Crippen LogP contribution in [0.5, 0.6) is 0 Å². The van der Waals surface area contributed by atoms with Gasteiger partial charge in [-0.3, -0.25) is 4.98 Å². The van der Waals surface area contributed by atoms with E-state index in [1.807, 2.05) is 44.0 Å². The number of carbonyl (C=O) groups excluding carboxylic acids is 1. The minimum Gasteiger partial charge on any atom is -0.444 e. The molecule has 4 nitrogen and oxygen atoms in total. The van der Waals surface area contributed by atoms with Gasteiger partial charge in [0.1, 0.15) is 5.60 Å². The maximum atomic E-state index is 12.1. The molecule has 1 aliphatic carbocycles. The standard InChI is InChI=1S/C16H22N2O2/c1-16(2,3)20-15(19)18-9-11-8-12(13(11)10-18)14-6-4-5-7-17-14/h4-7,11-13H,8-10H2,1-3H3. The summed E-state index contributed by atoms with van der Waals surface area (Å²) in [5, 5.41) is 0. The van der Waals surface area contributed by atoms with E-state index in [1.54, 1.807) is 0 Å². The van der Waals surface area contributed by atoms with Crippen LogP contribution in [0.4, 0.5) is 4.79 Å². The van der Waals surface area contributed by atoms with Crippen LogP contribution in [-0.4, -0.2) is 34.7 Å². The molecule has 3 atom stereocenters. The molecule has 3 rings (SSSR count). The Bertz CT molecular complexity index is 495. The van der Waals surface area contributed by atoms with E-state index < -0.39 is 5.60 Å². The van der Waals surface area contributed by atoms with Gasteiger partial charge >= 0.3 is 6.09 Å². The largest absolute Gasteiger partial charge is 0.444 e. The number of hydrogen-bond acceptors (Lipinski definition) is 3. The molecular formula is C16H22N2O2. The van der Waals surface area contributed by atoms with Gasteiger partial charge in [0.2, 0.25) is 0 Å². The molecule has 20 heavy (non-hydrogen) atoms. The summed E-state index contributed by atoms with van der Waals surface area (Å²) in [5.41, 5.74) is 0.749. The first-order chi connectivity index (χ1) is 9.44. The molecule has 0 aromatic carbocycles. The highest BCUT2D eigenvalue weighted by Gasteiger charge is 2.49. The quantitative estimate of drug-likeness (QED) is 0.790. The van der Waals surface area contributed by atoms with Crippen LogP contribution >= 0.6 is 0 Å². The van der Waals surface area contributed by atoms with Crippen LogP contribution < -0.4 is 0 Å². The van der Waals surface area contributed by atoms with E-state index >= 15 is 0 Å². The van der Waals surface area contributed by atoms with Crippen molar-refractivity contribution < 1.29 is 9.53 Å². The van der Waals surface area contributed by atoms with E-state index in [0.717, 1.165) is 19.5 Å². The van der Waals surface area contributed by atoms with Gasteiger partial charge in [-0.1, -0.05) is 6.07 Å². The minimum absolute atomic E-state index is 0.174. The van der Waals surface area contributed by atoms with E-state index in [4.69, 9.17) is 4.74 Å². The molecule has 2 heterocycles. The van der Waals surface area contributed by atoms with Crippen molar-refractivity contribution in [2.45, 2.75) is 38.7 Å². The van der Waals surface area contributed by atoms with E-state index in [1.165, 1.54) is 5.69 Å². The third-order valence-electron chi connectivity index (χ3n) is 4.28. The monoisotopic (exact) mass is 274 g/mol. The van der Waals surface area contributed by atoms with Crippen LogP contribution in [0.1, 0.15) is 38.8 Å². The number of likely N-dealkylation sites (tertiary alicyclic amines) is 1. The zero-order valence-corrected chi connectivity index (χ0v) is 12.4. The lowest BCUT2D eigenvalue weighted by Crippen LogP contribution is -2.35. The third-order valence-corrected chi connectivity index (χ3v) is 4.28. The van der Waals surface area contributed by atoms with Gasteiger partial charge in [0.05, 0.1) is 0 Å². The smallest absolute Gasteiger partial charge is 0.410 e. The summed E-state index contributed by atoms with van der Waals surface area (Å²) in [6, 6.07) is 6.08. The van der Waals surface area contributed by atoms with Gasteiger partial charge in [-0.25, -0.2) is 4.79 Å². The number of rotatable bonds is 1. The molecule has 1 saturated heterocycles. The lowest BCUT2D eigenvalue weighted by Gasteiger charge is -2.38. The topological polar surface area (TPSA) is 42.4 Å². The Kier molecular flexibility index (Phi) is 3.19. The molecule has 0 bridgehead atoms. The number of fused-ring (bicyclic) bond motifs is 1. The molecule has 1 aromatic rings. The van der Waals surface area contributed by atoms with Gasteiger partial charge in [0, 0.05) is 30.9 Å². The molecule has 3 unspecified atom stereocenters. The number of nitrogens with zero attached hydrogens (tertiary/aromatic N) is 2. The predicted molar refractivity (Wildman–Crippen MR) is 76.4 cm³/mol. The molecule has 0 N–H and O–H groups in total. The Balaban J connectivity index is 1.62. The average Bonchev–Trinajstić information content (AvgIpc) is 2.67. The number of ether oxygens (including phenoxy) is 1. The van der Waals surface area contributed by atoms with Crippen molar-refractivity contribution in [2.24, 2.45) is 11.8 Å². The predicted octanol–water partition coefficient (Wildman–Crippen LogP) is 3.05. The molecule has 2 fully saturated rings. The van der Waals surface area contributed by atoms with Gasteiger partial charge < -0.3 is 9.64 Å². The van der Waals surface area contributed by atoms with Crippen LogP contribution in [0.15, 0.2) is 24.4 Å². The van der Waals surface area contributed by atoms with E-state index in [9.17, 15) is 4.79 Å². The first-order valence-corrected chi connectivity index (χ1v) is 7.33. The second-order valence-corrected chi connectivity index (χ2v) is 6.91. The second kappa shape index (κ2) is 4.76. The second-order valence-electron chi connectivity index (χ2n) is 6.91. The molecule has 1 aromatic heterocycles. The molecule has 4 heteroatoms. The van der Waals surface area contributed by atoms with E-state index in [-0.39, 0.29) is 6.09 Å². The molecule has 0 radical (unpaired) electrons. The Morgan fingerprint density at radius 1 is 1.35 bits per heavy atom. The number of amides is 1. The molecule has 1 aliphatic heterocycles. The first kappa shape index (κ1) is 13.4. The maximum Gasteiger partial charge on any atom is 0.410 e. The molecule has 0 spiro atoms. The Morgan fingerprint density at radius 3 is 2.80 bits per heavy atom. The maximum absolute atomic E-state index is 12.1. The van der Waals surface area contributed by atoms with Crippen molar-refractivity contribution >= 4 is 6.09 Å². The fourth-order valence-electron chi connectivity index (χ4n) is 3.32. The highest BCUT2D eigenvalue weighted by molar-refractivity contribution is 5.68. The van der Waals surface area contributed by atoms with E-state index in [0.29, 0.717) is 17.8 Å². The third kappa shape index (κ3) is 2.51. The summed E-state index contributed by atoms with van der Waals surface area (Å²) in [6.07, 6.45) is 2.82. The molecule has 108 valence electrons. The van der Waals surface area contributed by atoms with Crippen LogP contribution in [0.2, 0.25) is 0 Å². The number of aromatic nitrogens is 1. The molecular weight excluding hydrogens is 252 g/mol. The number of hydrogen-bond donors (Lipinski definition) is 0. The van der Waals surface area contributed by atoms with E-state index in [2.05, 4.69) is 11.1 Å². The summed E-state index contributed by atoms with van der Waals surface area (Å²) >= 11 is 0. The summed E-state index contributed by atoms with van der Waals surface area (Å²) in [6.45, 7) is 7.37. The molecule has 2 aliphatic rings. The van der Waals surface area contributed by atoms with Gasteiger partial charge in [-0.15, -0.1) is 0 Å². The van der Waals surface area contributed by atoms with Gasteiger partial charge in [-0.05, 0) is 51.2 Å². The number of carbonyl (C=O) groups is 1. The fraction of sp³-hybridized carbons (Fsp3) is 0.625. The Morgan fingerprint density at radius 2 is 2.15 bits per heavy atom. The van der Waals surface area contributed by atoms with Crippen molar-refractivity contribution in [3.63, 3.8) is 0 Å². The average molecular weight is 274 g/mol. The van der Waals surface area contributed by atoms with Crippen molar-refractivity contribution in [3.8, 4) is 0 Å². The highest BCUT2D eigenvalue weighted by atomic mass is 16.6. The van der Waals surface area contributed by atoms with Gasteiger partial charge in [0.15, 0.2) is 0 Å². The van der Waals surface area contributed by atoms with Crippen LogP contribution in [-0.2, 0) is 4.74 Å². The summed E-state index contributed by atoms with van der Waals surface area (Å²) in [4.78, 5) is 18.4. The Hall–Kier alpha value is -1.58. The lowest BCUT2D eigenvalue weighted by molar-refractivity contribution is 0.0288. The van der Waals surface area contributed by atoms with Gasteiger partial charge in [-0.2, -0.15) is 0 Å². The summed E-state index contributed by atoms with van der Waals surface area (Å²) in [5.74, 6) is 1.68. The van der Waals surface area contributed by atoms with Crippen molar-refractivity contribution in [2.75, 3.05) is 13.1 Å². The molecule has 1 saturated carbocycles. The number of pyridine rings is 1. The van der Waals surface area contributed by atoms with Crippen LogP contribution in [0, 0.1) is 11.8 Å². The normalized spacial score (nSPS) is 28.8. The first-order valence-electron chi connectivity index (χ1n) is 7.33. The van der Waals surface area contributed by atoms with Crippen molar-refractivity contribution in [1.29, 1.82) is 0 Å². The highest BCUT2D eigenvalue weighted by Crippen LogP contribution is 2.50.